The van der Waals surface area contributed by atoms with E-state index in [1.54, 1.807) is 13.8 Å². The monoisotopic (exact) mass is 402 g/mol. The first-order chi connectivity index (χ1) is 12.9. The molecule has 0 aliphatic carbocycles. The Labute approximate surface area is 171 Å². The maximum atomic E-state index is 12.5. The highest BCUT2D eigenvalue weighted by atomic mass is 35.5. The summed E-state index contributed by atoms with van der Waals surface area (Å²) in [7, 11) is 0. The van der Waals surface area contributed by atoms with Gasteiger partial charge in [0.05, 0.1) is 17.8 Å². The Balaban J connectivity index is 0.00000225. The topological polar surface area (TPSA) is 81.3 Å². The molecule has 150 valence electrons. The van der Waals surface area contributed by atoms with E-state index in [1.165, 1.54) is 0 Å². The van der Waals surface area contributed by atoms with E-state index in [-0.39, 0.29) is 18.3 Å². The fourth-order valence-electron chi connectivity index (χ4n) is 3.99. The number of aromatic nitrogens is 2. The van der Waals surface area contributed by atoms with Crippen molar-refractivity contribution in [3.05, 3.63) is 47.8 Å². The Morgan fingerprint density at radius 3 is 2.54 bits per heavy atom. The summed E-state index contributed by atoms with van der Waals surface area (Å²) in [5.41, 5.74) is 7.85. The SMILES string of the molecule is CC(C)(N)C(=O)N1CCC2(CC1)OCCc1cnc(-c3ccccc3)nc12.Cl. The Hall–Kier alpha value is -2.02. The second kappa shape index (κ2) is 7.78. The highest BCUT2D eigenvalue weighted by molar-refractivity contribution is 5.85. The third kappa shape index (κ3) is 3.77. The molecule has 0 bridgehead atoms. The predicted octanol–water partition coefficient (Wildman–Crippen LogP) is 2.69. The van der Waals surface area contributed by atoms with Gasteiger partial charge in [0.25, 0.3) is 0 Å². The van der Waals surface area contributed by atoms with Gasteiger partial charge in [0.1, 0.15) is 5.60 Å². The second-order valence-electron chi connectivity index (χ2n) is 8.04. The minimum atomic E-state index is -0.849. The minimum Gasteiger partial charge on any atom is -0.368 e. The molecule has 0 saturated carbocycles. The highest BCUT2D eigenvalue weighted by Gasteiger charge is 2.44. The molecule has 7 heteroatoms. The van der Waals surface area contributed by atoms with Crippen LogP contribution in [0.1, 0.15) is 37.9 Å². The van der Waals surface area contributed by atoms with Crippen LogP contribution in [0.2, 0.25) is 0 Å². The highest BCUT2D eigenvalue weighted by Crippen LogP contribution is 2.41. The van der Waals surface area contributed by atoms with Crippen molar-refractivity contribution in [3.63, 3.8) is 0 Å². The zero-order valence-electron chi connectivity index (χ0n) is 16.4. The van der Waals surface area contributed by atoms with Crippen LogP contribution in [0.3, 0.4) is 0 Å². The standard InChI is InChI=1S/C21H26N4O2.ClH/c1-20(2,22)19(26)25-11-9-21(10-12-25)17-16(8-13-27-21)14-23-18(24-17)15-6-4-3-5-7-15;/h3-7,14H,8-13,22H2,1-2H3;1H. The van der Waals surface area contributed by atoms with Crippen LogP contribution in [-0.2, 0) is 21.6 Å². The normalized spacial score (nSPS) is 18.3. The van der Waals surface area contributed by atoms with E-state index in [4.69, 9.17) is 15.5 Å². The van der Waals surface area contributed by atoms with Crippen molar-refractivity contribution in [2.24, 2.45) is 5.73 Å². The fraction of sp³-hybridized carbons (Fsp3) is 0.476. The summed E-state index contributed by atoms with van der Waals surface area (Å²) >= 11 is 0. The van der Waals surface area contributed by atoms with E-state index < -0.39 is 11.1 Å². The third-order valence-electron chi connectivity index (χ3n) is 5.49. The molecule has 0 radical (unpaired) electrons. The molecule has 2 aliphatic heterocycles. The number of likely N-dealkylation sites (tertiary alicyclic amines) is 1. The zero-order valence-corrected chi connectivity index (χ0v) is 17.2. The van der Waals surface area contributed by atoms with Crippen LogP contribution in [0.15, 0.2) is 36.5 Å². The lowest BCUT2D eigenvalue weighted by molar-refractivity contribution is -0.145. The number of fused-ring (bicyclic) bond motifs is 2. The van der Waals surface area contributed by atoms with Gasteiger partial charge in [0.2, 0.25) is 5.91 Å². The van der Waals surface area contributed by atoms with Crippen molar-refractivity contribution in [3.8, 4) is 11.4 Å². The minimum absolute atomic E-state index is 0. The molecule has 1 spiro atoms. The van der Waals surface area contributed by atoms with E-state index in [2.05, 4.69) is 4.98 Å². The van der Waals surface area contributed by atoms with Crippen LogP contribution in [-0.4, -0.2) is 46.0 Å². The second-order valence-corrected chi connectivity index (χ2v) is 8.04. The summed E-state index contributed by atoms with van der Waals surface area (Å²) in [6.45, 7) is 5.43. The molecule has 6 nitrogen and oxygen atoms in total. The van der Waals surface area contributed by atoms with Crippen molar-refractivity contribution >= 4 is 18.3 Å². The van der Waals surface area contributed by atoms with Crippen molar-refractivity contribution in [2.45, 2.75) is 44.2 Å². The number of ether oxygens (including phenoxy) is 1. The number of piperidine rings is 1. The predicted molar refractivity (Wildman–Crippen MR) is 110 cm³/mol. The van der Waals surface area contributed by atoms with Gasteiger partial charge in [-0.1, -0.05) is 30.3 Å². The van der Waals surface area contributed by atoms with Gasteiger partial charge in [-0.2, -0.15) is 0 Å². The van der Waals surface area contributed by atoms with Gasteiger partial charge in [0, 0.05) is 24.8 Å². The van der Waals surface area contributed by atoms with Crippen LogP contribution in [0.25, 0.3) is 11.4 Å². The number of hydrogen-bond donors (Lipinski definition) is 1. The maximum absolute atomic E-state index is 12.5. The number of benzene rings is 1. The number of carbonyl (C=O) groups excluding carboxylic acids is 1. The largest absolute Gasteiger partial charge is 0.368 e. The van der Waals surface area contributed by atoms with Gasteiger partial charge in [-0.05, 0) is 38.7 Å². The molecule has 1 amide bonds. The molecule has 0 unspecified atom stereocenters. The van der Waals surface area contributed by atoms with Crippen LogP contribution in [0.4, 0.5) is 0 Å². The van der Waals surface area contributed by atoms with E-state index in [0.717, 1.165) is 41.9 Å². The van der Waals surface area contributed by atoms with Crippen molar-refractivity contribution in [1.82, 2.24) is 14.9 Å². The van der Waals surface area contributed by atoms with E-state index in [0.29, 0.717) is 19.7 Å². The molecule has 1 aromatic heterocycles. The molecule has 3 heterocycles. The Morgan fingerprint density at radius 1 is 1.21 bits per heavy atom. The van der Waals surface area contributed by atoms with Gasteiger partial charge in [-0.3, -0.25) is 4.79 Å². The van der Waals surface area contributed by atoms with Gasteiger partial charge < -0.3 is 15.4 Å². The summed E-state index contributed by atoms with van der Waals surface area (Å²) in [4.78, 5) is 23.8. The van der Waals surface area contributed by atoms with Crippen molar-refractivity contribution < 1.29 is 9.53 Å². The number of rotatable bonds is 2. The van der Waals surface area contributed by atoms with Gasteiger partial charge >= 0.3 is 0 Å². The molecule has 0 atom stereocenters. The molecule has 2 N–H and O–H groups in total. The number of amides is 1. The molecule has 4 rings (SSSR count). The number of halogens is 1. The average Bonchev–Trinajstić information content (AvgIpc) is 2.68. The lowest BCUT2D eigenvalue weighted by atomic mass is 9.82. The maximum Gasteiger partial charge on any atom is 0.242 e. The first-order valence-corrected chi connectivity index (χ1v) is 9.53. The van der Waals surface area contributed by atoms with E-state index >= 15 is 0 Å². The van der Waals surface area contributed by atoms with Gasteiger partial charge in [0.15, 0.2) is 5.82 Å². The first-order valence-electron chi connectivity index (χ1n) is 9.53. The third-order valence-corrected chi connectivity index (χ3v) is 5.49. The van der Waals surface area contributed by atoms with Crippen LogP contribution < -0.4 is 5.73 Å². The van der Waals surface area contributed by atoms with Crippen molar-refractivity contribution in [1.29, 1.82) is 0 Å². The summed E-state index contributed by atoms with van der Waals surface area (Å²) in [5, 5.41) is 0. The van der Waals surface area contributed by atoms with Gasteiger partial charge in [-0.25, -0.2) is 9.97 Å². The first kappa shape index (κ1) is 20.7. The summed E-state index contributed by atoms with van der Waals surface area (Å²) in [6, 6.07) is 10.00. The molecular formula is C21H27ClN4O2. The molecule has 1 saturated heterocycles. The number of hydrogen-bond acceptors (Lipinski definition) is 5. The molecule has 28 heavy (non-hydrogen) atoms. The molecule has 2 aromatic rings. The lowest BCUT2D eigenvalue weighted by Gasteiger charge is -2.45. The average molecular weight is 403 g/mol. The molecule has 1 aromatic carbocycles. The van der Waals surface area contributed by atoms with Crippen LogP contribution in [0, 0.1) is 0 Å². The molecule has 1 fully saturated rings. The summed E-state index contributed by atoms with van der Waals surface area (Å²) in [5.74, 6) is 0.710. The van der Waals surface area contributed by atoms with Crippen molar-refractivity contribution in [2.75, 3.05) is 19.7 Å². The number of nitrogens with zero attached hydrogens (tertiary/aromatic N) is 3. The number of carbonyl (C=O) groups is 1. The zero-order chi connectivity index (χ0) is 19.1. The van der Waals surface area contributed by atoms with E-state index in [9.17, 15) is 4.79 Å². The summed E-state index contributed by atoms with van der Waals surface area (Å²) in [6.07, 6.45) is 4.22. The molecule has 2 aliphatic rings. The fourth-order valence-corrected chi connectivity index (χ4v) is 3.99. The number of nitrogens with two attached hydrogens (primary N) is 1. The van der Waals surface area contributed by atoms with Crippen LogP contribution in [0.5, 0.6) is 0 Å². The van der Waals surface area contributed by atoms with Gasteiger partial charge in [-0.15, -0.1) is 12.4 Å². The molecular weight excluding hydrogens is 376 g/mol. The quantitative estimate of drug-likeness (QED) is 0.835. The Bertz CT molecular complexity index is 843. The lowest BCUT2D eigenvalue weighted by Crippen LogP contribution is -2.56. The smallest absolute Gasteiger partial charge is 0.242 e. The van der Waals surface area contributed by atoms with E-state index in [1.807, 2.05) is 41.4 Å². The van der Waals surface area contributed by atoms with Crippen LogP contribution >= 0.6 is 12.4 Å². The Morgan fingerprint density at radius 2 is 1.89 bits per heavy atom. The Kier molecular flexibility index (Phi) is 5.75. The summed E-state index contributed by atoms with van der Waals surface area (Å²) < 4.78 is 6.28.